The van der Waals surface area contributed by atoms with Crippen LogP contribution in [0.1, 0.15) is 61.3 Å². The third-order valence-corrected chi connectivity index (χ3v) is 9.04. The van der Waals surface area contributed by atoms with E-state index in [0.717, 1.165) is 30.5 Å². The molecule has 10 heteroatoms. The number of hydrogen-bond donors (Lipinski definition) is 2. The van der Waals surface area contributed by atoms with E-state index in [1.165, 1.54) is 28.0 Å². The highest BCUT2D eigenvalue weighted by atomic mass is 32.2. The highest BCUT2D eigenvalue weighted by molar-refractivity contribution is 7.99. The van der Waals surface area contributed by atoms with E-state index in [4.69, 9.17) is 13.6 Å². The van der Waals surface area contributed by atoms with Crippen molar-refractivity contribution in [1.82, 2.24) is 9.97 Å². The van der Waals surface area contributed by atoms with Gasteiger partial charge in [-0.15, -0.1) is 11.3 Å². The molecule has 0 aromatic carbocycles. The Balaban J connectivity index is 1.27. The van der Waals surface area contributed by atoms with E-state index in [-0.39, 0.29) is 23.7 Å². The lowest BCUT2D eigenvalue weighted by Gasteiger charge is -2.33. The van der Waals surface area contributed by atoms with Crippen molar-refractivity contribution in [3.8, 4) is 22.9 Å². The third kappa shape index (κ3) is 6.01. The molecule has 0 spiro atoms. The molecule has 0 bridgehead atoms. The van der Waals surface area contributed by atoms with Gasteiger partial charge in [-0.3, -0.25) is 4.79 Å². The Labute approximate surface area is 235 Å². The molecule has 4 heterocycles. The highest BCUT2D eigenvalue weighted by Crippen LogP contribution is 2.44. The first-order chi connectivity index (χ1) is 18.7. The largest absolute Gasteiger partial charge is 0.463 e. The Morgan fingerprint density at radius 1 is 1.21 bits per heavy atom. The lowest BCUT2D eigenvalue weighted by atomic mass is 9.72. The van der Waals surface area contributed by atoms with Crippen LogP contribution in [0.3, 0.4) is 0 Å². The van der Waals surface area contributed by atoms with Crippen LogP contribution in [-0.4, -0.2) is 34.2 Å². The van der Waals surface area contributed by atoms with Crippen molar-refractivity contribution in [2.45, 2.75) is 58.5 Å². The van der Waals surface area contributed by atoms with Crippen LogP contribution in [0.5, 0.6) is 0 Å². The number of carbonyl (C=O) groups excluding carboxylic acids is 2. The van der Waals surface area contributed by atoms with Crippen LogP contribution in [0, 0.1) is 11.3 Å². The molecular formula is C29H33N3O5S2. The molecule has 0 aliphatic heterocycles. The van der Waals surface area contributed by atoms with Gasteiger partial charge in [-0.1, -0.05) is 32.5 Å². The van der Waals surface area contributed by atoms with E-state index < -0.39 is 0 Å². The second-order valence-corrected chi connectivity index (χ2v) is 12.8. The van der Waals surface area contributed by atoms with E-state index in [2.05, 4.69) is 36.1 Å². The number of rotatable bonds is 9. The van der Waals surface area contributed by atoms with E-state index in [1.807, 2.05) is 24.3 Å². The van der Waals surface area contributed by atoms with Gasteiger partial charge in [-0.05, 0) is 67.3 Å². The summed E-state index contributed by atoms with van der Waals surface area (Å²) >= 11 is 2.96. The zero-order chi connectivity index (χ0) is 27.6. The van der Waals surface area contributed by atoms with Gasteiger partial charge < -0.3 is 23.9 Å². The summed E-state index contributed by atoms with van der Waals surface area (Å²) in [5, 5.41) is 4.27. The summed E-state index contributed by atoms with van der Waals surface area (Å²) in [6.45, 7) is 8.87. The molecule has 1 aliphatic rings. The third-order valence-electron chi connectivity index (χ3n) is 6.99. The van der Waals surface area contributed by atoms with Gasteiger partial charge in [-0.25, -0.2) is 9.78 Å². The van der Waals surface area contributed by atoms with E-state index >= 15 is 0 Å². The summed E-state index contributed by atoms with van der Waals surface area (Å²) in [4.78, 5) is 35.0. The van der Waals surface area contributed by atoms with Crippen molar-refractivity contribution >= 4 is 40.0 Å². The van der Waals surface area contributed by atoms with Gasteiger partial charge in [0.15, 0.2) is 16.7 Å². The van der Waals surface area contributed by atoms with Gasteiger partial charge in [0.2, 0.25) is 5.91 Å². The first-order valence-corrected chi connectivity index (χ1v) is 15.0. The van der Waals surface area contributed by atoms with Crippen LogP contribution in [0.15, 0.2) is 50.8 Å². The van der Waals surface area contributed by atoms with Gasteiger partial charge in [-0.2, -0.15) is 0 Å². The number of H-pyrrole nitrogens is 1. The number of aromatic nitrogens is 2. The molecule has 4 aromatic heterocycles. The molecular weight excluding hydrogens is 534 g/mol. The van der Waals surface area contributed by atoms with Crippen LogP contribution in [-0.2, 0) is 22.4 Å². The van der Waals surface area contributed by atoms with Crippen molar-refractivity contribution in [1.29, 1.82) is 0 Å². The summed E-state index contributed by atoms with van der Waals surface area (Å²) < 4.78 is 16.5. The number of thioether (sulfide) groups is 1. The number of fused-ring (bicyclic) bond motifs is 1. The highest BCUT2D eigenvalue weighted by Gasteiger charge is 2.34. The first-order valence-electron chi connectivity index (χ1n) is 13.2. The average molecular weight is 568 g/mol. The van der Waals surface area contributed by atoms with E-state index in [0.29, 0.717) is 51.2 Å². The topological polar surface area (TPSA) is 110 Å². The van der Waals surface area contributed by atoms with Crippen molar-refractivity contribution in [3.63, 3.8) is 0 Å². The Kier molecular flexibility index (Phi) is 8.04. The maximum Gasteiger partial charge on any atom is 0.341 e. The van der Waals surface area contributed by atoms with E-state index in [9.17, 15) is 9.59 Å². The molecule has 1 amide bonds. The van der Waals surface area contributed by atoms with Crippen LogP contribution in [0.2, 0.25) is 0 Å². The molecule has 39 heavy (non-hydrogen) atoms. The molecule has 0 saturated heterocycles. The lowest BCUT2D eigenvalue weighted by molar-refractivity contribution is -0.115. The minimum absolute atomic E-state index is 0.150. The summed E-state index contributed by atoms with van der Waals surface area (Å²) in [5.74, 6) is 1.80. The molecule has 1 atom stereocenters. The molecule has 8 nitrogen and oxygen atoms in total. The van der Waals surface area contributed by atoms with Gasteiger partial charge in [0.1, 0.15) is 16.4 Å². The smallest absolute Gasteiger partial charge is 0.341 e. The fourth-order valence-corrected chi connectivity index (χ4v) is 7.02. The molecule has 0 saturated carbocycles. The number of hydrogen-bond acceptors (Lipinski definition) is 8. The number of anilines is 1. The zero-order valence-electron chi connectivity index (χ0n) is 22.6. The van der Waals surface area contributed by atoms with Gasteiger partial charge >= 0.3 is 5.97 Å². The van der Waals surface area contributed by atoms with Crippen molar-refractivity contribution < 1.29 is 23.2 Å². The van der Waals surface area contributed by atoms with Gasteiger partial charge in [0.05, 0.1) is 24.7 Å². The number of esters is 1. The summed E-state index contributed by atoms with van der Waals surface area (Å²) in [5.41, 5.74) is 3.13. The summed E-state index contributed by atoms with van der Waals surface area (Å²) in [6.07, 6.45) is 6.22. The quantitative estimate of drug-likeness (QED) is 0.160. The molecule has 0 fully saturated rings. The number of nitrogens with zero attached hydrogens (tertiary/aromatic N) is 1. The molecule has 1 aliphatic carbocycles. The number of thiophene rings is 1. The van der Waals surface area contributed by atoms with Crippen molar-refractivity contribution in [2.24, 2.45) is 11.3 Å². The Bertz CT molecular complexity index is 1380. The fraction of sp³-hybridized carbons (Fsp3) is 0.414. The number of aromatic amines is 1. The Morgan fingerprint density at radius 3 is 2.62 bits per heavy atom. The van der Waals surface area contributed by atoms with E-state index in [1.54, 1.807) is 19.5 Å². The monoisotopic (exact) mass is 567 g/mol. The maximum absolute atomic E-state index is 13.0. The second-order valence-electron chi connectivity index (χ2n) is 10.6. The minimum Gasteiger partial charge on any atom is -0.463 e. The normalized spacial score (nSPS) is 15.2. The standard InChI is InChI=1S/C29H33N3O5S2/c1-5-35-27(34)23-18-11-10-17(29(2,3)4)16-21(18)39-26(23)30-22(33)12-15-38-28-31-24(19-8-6-13-36-19)25(32-28)20-9-7-14-37-20/h6-9,13-14,17H,5,10-12,15-16H2,1-4H3,(H,30,33)(H,31,32). The molecule has 4 aromatic rings. The predicted molar refractivity (Wildman–Crippen MR) is 153 cm³/mol. The zero-order valence-corrected chi connectivity index (χ0v) is 24.2. The molecule has 2 N–H and O–H groups in total. The Hall–Kier alpha value is -3.24. The van der Waals surface area contributed by atoms with Crippen molar-refractivity contribution in [2.75, 3.05) is 17.7 Å². The fourth-order valence-electron chi connectivity index (χ4n) is 4.87. The number of furan rings is 2. The minimum atomic E-state index is -0.361. The van der Waals surface area contributed by atoms with Crippen molar-refractivity contribution in [3.05, 3.63) is 52.8 Å². The molecule has 0 radical (unpaired) electrons. The molecule has 1 unspecified atom stereocenters. The SMILES string of the molecule is CCOC(=O)c1c(NC(=O)CCSc2nc(-c3ccco3)c(-c3ccco3)[nH]2)sc2c1CCC(C(C)(C)C)C2. The summed E-state index contributed by atoms with van der Waals surface area (Å²) in [6, 6.07) is 7.32. The number of nitrogens with one attached hydrogen (secondary N) is 2. The second kappa shape index (κ2) is 11.5. The van der Waals surface area contributed by atoms with Crippen LogP contribution >= 0.6 is 23.1 Å². The van der Waals surface area contributed by atoms with Gasteiger partial charge in [0.25, 0.3) is 0 Å². The van der Waals surface area contributed by atoms with Crippen LogP contribution < -0.4 is 5.32 Å². The molecule has 206 valence electrons. The van der Waals surface area contributed by atoms with Gasteiger partial charge in [0, 0.05) is 17.1 Å². The summed E-state index contributed by atoms with van der Waals surface area (Å²) in [7, 11) is 0. The molecule has 5 rings (SSSR count). The van der Waals surface area contributed by atoms with Crippen LogP contribution in [0.25, 0.3) is 22.9 Å². The number of ether oxygens (including phenoxy) is 1. The number of amides is 1. The number of carbonyl (C=O) groups is 2. The lowest BCUT2D eigenvalue weighted by Crippen LogP contribution is -2.26. The Morgan fingerprint density at radius 2 is 1.95 bits per heavy atom. The average Bonchev–Trinajstić information content (AvgIpc) is 3.69. The first kappa shape index (κ1) is 27.3. The predicted octanol–water partition coefficient (Wildman–Crippen LogP) is 7.44. The number of imidazole rings is 1. The van der Waals surface area contributed by atoms with Crippen LogP contribution in [0.4, 0.5) is 5.00 Å². The maximum atomic E-state index is 13.0.